The van der Waals surface area contributed by atoms with Crippen molar-refractivity contribution in [1.29, 1.82) is 0 Å². The van der Waals surface area contributed by atoms with Crippen molar-refractivity contribution >= 4 is 11.6 Å². The largest absolute Gasteiger partial charge is 0.361 e. The first-order valence-electron chi connectivity index (χ1n) is 6.34. The monoisotopic (exact) mass is 258 g/mol. The van der Waals surface area contributed by atoms with Crippen LogP contribution in [0.3, 0.4) is 0 Å². The minimum Gasteiger partial charge on any atom is -0.361 e. The molecule has 1 heterocycles. The Morgan fingerprint density at radius 1 is 1.26 bits per heavy atom. The number of carbonyl (C=O) groups is 1. The molecule has 0 unspecified atom stereocenters. The van der Waals surface area contributed by atoms with Crippen LogP contribution in [0.2, 0.25) is 0 Å². The van der Waals surface area contributed by atoms with Crippen molar-refractivity contribution in [2.45, 2.75) is 33.6 Å². The lowest BCUT2D eigenvalue weighted by molar-refractivity contribution is 0.101. The number of anilines is 1. The second-order valence-electron chi connectivity index (χ2n) is 4.91. The third-order valence-corrected chi connectivity index (χ3v) is 3.20. The molecule has 0 fully saturated rings. The molecule has 4 nitrogen and oxygen atoms in total. The molecule has 1 aromatic heterocycles. The Balaban J connectivity index is 2.27. The maximum absolute atomic E-state index is 12.2. The van der Waals surface area contributed by atoms with Gasteiger partial charge in [0.2, 0.25) is 0 Å². The van der Waals surface area contributed by atoms with E-state index in [0.29, 0.717) is 17.4 Å². The third kappa shape index (κ3) is 2.67. The van der Waals surface area contributed by atoms with Crippen molar-refractivity contribution in [3.63, 3.8) is 0 Å². The van der Waals surface area contributed by atoms with Crippen LogP contribution in [0.4, 0.5) is 5.69 Å². The van der Waals surface area contributed by atoms with Crippen molar-refractivity contribution in [3.05, 3.63) is 46.8 Å². The molecular formula is C15H18N2O2. The van der Waals surface area contributed by atoms with E-state index in [1.165, 1.54) is 0 Å². The Labute approximate surface area is 112 Å². The first kappa shape index (κ1) is 13.3. The molecule has 0 aliphatic carbocycles. The van der Waals surface area contributed by atoms with E-state index >= 15 is 0 Å². The predicted octanol–water partition coefficient (Wildman–Crippen LogP) is 3.67. The van der Waals surface area contributed by atoms with E-state index in [2.05, 4.69) is 24.3 Å². The summed E-state index contributed by atoms with van der Waals surface area (Å²) >= 11 is 0. The highest BCUT2D eigenvalue weighted by molar-refractivity contribution is 6.04. The molecule has 4 heteroatoms. The molecule has 0 aliphatic heterocycles. The van der Waals surface area contributed by atoms with Gasteiger partial charge in [0.05, 0.1) is 0 Å². The van der Waals surface area contributed by atoms with Gasteiger partial charge in [0.25, 0.3) is 5.91 Å². The summed E-state index contributed by atoms with van der Waals surface area (Å²) in [5, 5.41) is 6.70. The van der Waals surface area contributed by atoms with Crippen LogP contribution in [0.15, 0.2) is 28.8 Å². The van der Waals surface area contributed by atoms with Crippen molar-refractivity contribution in [1.82, 2.24) is 5.16 Å². The third-order valence-electron chi connectivity index (χ3n) is 3.20. The zero-order chi connectivity index (χ0) is 14.0. The van der Waals surface area contributed by atoms with E-state index in [9.17, 15) is 4.79 Å². The van der Waals surface area contributed by atoms with Crippen LogP contribution < -0.4 is 5.32 Å². The number of nitrogens with zero attached hydrogens (tertiary/aromatic N) is 1. The highest BCUT2D eigenvalue weighted by Crippen LogP contribution is 2.24. The molecule has 0 saturated heterocycles. The minimum atomic E-state index is -0.234. The summed E-state index contributed by atoms with van der Waals surface area (Å²) in [7, 11) is 0. The molecule has 100 valence electrons. The Morgan fingerprint density at radius 3 is 2.53 bits per heavy atom. The molecule has 0 saturated carbocycles. The number of para-hydroxylation sites is 1. The van der Waals surface area contributed by atoms with Gasteiger partial charge in [0, 0.05) is 11.3 Å². The first-order valence-corrected chi connectivity index (χ1v) is 6.34. The smallest absolute Gasteiger partial charge is 0.278 e. The molecule has 0 spiro atoms. The number of carbonyl (C=O) groups excluding carboxylic acids is 1. The van der Waals surface area contributed by atoms with Gasteiger partial charge in [-0.3, -0.25) is 4.79 Å². The number of aryl methyl sites for hydroxylation is 1. The predicted molar refractivity (Wildman–Crippen MR) is 74.5 cm³/mol. The maximum Gasteiger partial charge on any atom is 0.278 e. The number of amides is 1. The summed E-state index contributed by atoms with van der Waals surface area (Å²) < 4.78 is 5.02. The van der Waals surface area contributed by atoms with E-state index in [-0.39, 0.29) is 5.91 Å². The fourth-order valence-corrected chi connectivity index (χ4v) is 1.93. The van der Waals surface area contributed by atoms with Gasteiger partial charge in [-0.2, -0.15) is 0 Å². The average molecular weight is 258 g/mol. The average Bonchev–Trinajstić information content (AvgIpc) is 2.70. The van der Waals surface area contributed by atoms with Gasteiger partial charge < -0.3 is 9.84 Å². The number of nitrogens with one attached hydrogen (secondary N) is 1. The van der Waals surface area contributed by atoms with E-state index in [1.807, 2.05) is 31.2 Å². The molecule has 0 atom stereocenters. The summed E-state index contributed by atoms with van der Waals surface area (Å²) in [6.07, 6.45) is 0. The molecular weight excluding hydrogens is 240 g/mol. The van der Waals surface area contributed by atoms with Gasteiger partial charge in [0.15, 0.2) is 5.69 Å². The van der Waals surface area contributed by atoms with Gasteiger partial charge >= 0.3 is 0 Å². The van der Waals surface area contributed by atoms with Crippen molar-refractivity contribution in [2.24, 2.45) is 0 Å². The lowest BCUT2D eigenvalue weighted by Gasteiger charge is -2.12. The minimum absolute atomic E-state index is 0.234. The number of rotatable bonds is 3. The Morgan fingerprint density at radius 2 is 1.95 bits per heavy atom. The summed E-state index contributed by atoms with van der Waals surface area (Å²) in [5.41, 5.74) is 3.05. The fourth-order valence-electron chi connectivity index (χ4n) is 1.93. The first-order chi connectivity index (χ1) is 9.00. The lowest BCUT2D eigenvalue weighted by Crippen LogP contribution is -2.15. The second kappa shape index (κ2) is 5.26. The molecule has 2 aromatic rings. The van der Waals surface area contributed by atoms with Crippen LogP contribution >= 0.6 is 0 Å². The topological polar surface area (TPSA) is 55.1 Å². The number of benzene rings is 1. The number of hydrogen-bond acceptors (Lipinski definition) is 3. The molecule has 1 amide bonds. The highest BCUT2D eigenvalue weighted by Gasteiger charge is 2.17. The van der Waals surface area contributed by atoms with Crippen molar-refractivity contribution < 1.29 is 9.32 Å². The van der Waals surface area contributed by atoms with E-state index < -0.39 is 0 Å². The molecule has 1 N–H and O–H groups in total. The Kier molecular flexibility index (Phi) is 3.69. The Hall–Kier alpha value is -2.10. The molecule has 0 radical (unpaired) electrons. The van der Waals surface area contributed by atoms with Crippen molar-refractivity contribution in [2.75, 3.05) is 5.32 Å². The van der Waals surface area contributed by atoms with Crippen LogP contribution in [0.25, 0.3) is 0 Å². The molecule has 2 rings (SSSR count). The zero-order valence-corrected chi connectivity index (χ0v) is 11.7. The second-order valence-corrected chi connectivity index (χ2v) is 4.91. The van der Waals surface area contributed by atoms with Gasteiger partial charge in [-0.25, -0.2) is 0 Å². The Bertz CT molecular complexity index is 600. The number of hydrogen-bond donors (Lipinski definition) is 1. The summed E-state index contributed by atoms with van der Waals surface area (Å²) in [5.74, 6) is 0.779. The van der Waals surface area contributed by atoms with E-state index in [0.717, 1.165) is 16.8 Å². The highest BCUT2D eigenvalue weighted by atomic mass is 16.5. The quantitative estimate of drug-likeness (QED) is 0.913. The standard InChI is InChI=1S/C15H18N2O2/c1-9(2)12-7-5-6-8-13(12)16-15(18)14-10(3)11(4)19-17-14/h5-9H,1-4H3,(H,16,18). The normalized spacial score (nSPS) is 10.8. The van der Waals surface area contributed by atoms with Gasteiger partial charge in [-0.05, 0) is 31.4 Å². The van der Waals surface area contributed by atoms with Gasteiger partial charge in [-0.1, -0.05) is 37.2 Å². The fraction of sp³-hybridized carbons (Fsp3) is 0.333. The van der Waals surface area contributed by atoms with Crippen LogP contribution in [0.5, 0.6) is 0 Å². The molecule has 0 aliphatic rings. The number of aromatic nitrogens is 1. The van der Waals surface area contributed by atoms with Crippen LogP contribution in [-0.4, -0.2) is 11.1 Å². The molecule has 0 bridgehead atoms. The summed E-state index contributed by atoms with van der Waals surface area (Å²) in [6.45, 7) is 7.81. The molecule has 1 aromatic carbocycles. The lowest BCUT2D eigenvalue weighted by atomic mass is 10.0. The summed E-state index contributed by atoms with van der Waals surface area (Å²) in [4.78, 5) is 12.2. The van der Waals surface area contributed by atoms with Crippen LogP contribution in [0.1, 0.15) is 47.1 Å². The zero-order valence-electron chi connectivity index (χ0n) is 11.7. The SMILES string of the molecule is Cc1onc(C(=O)Nc2ccccc2C(C)C)c1C. The van der Waals surface area contributed by atoms with E-state index in [4.69, 9.17) is 4.52 Å². The van der Waals surface area contributed by atoms with Gasteiger partial charge in [-0.15, -0.1) is 0 Å². The van der Waals surface area contributed by atoms with Gasteiger partial charge in [0.1, 0.15) is 5.76 Å². The molecule has 19 heavy (non-hydrogen) atoms. The van der Waals surface area contributed by atoms with E-state index in [1.54, 1.807) is 6.92 Å². The van der Waals surface area contributed by atoms with Crippen LogP contribution in [0, 0.1) is 13.8 Å². The van der Waals surface area contributed by atoms with Crippen LogP contribution in [-0.2, 0) is 0 Å². The van der Waals surface area contributed by atoms with Crippen molar-refractivity contribution in [3.8, 4) is 0 Å². The maximum atomic E-state index is 12.2. The summed E-state index contributed by atoms with van der Waals surface area (Å²) in [6, 6.07) is 7.79.